The van der Waals surface area contributed by atoms with Crippen molar-refractivity contribution in [1.29, 1.82) is 0 Å². The summed E-state index contributed by atoms with van der Waals surface area (Å²) < 4.78 is 0. The molecule has 2 saturated heterocycles. The topological polar surface area (TPSA) is 64.1 Å². The summed E-state index contributed by atoms with van der Waals surface area (Å²) >= 11 is 0. The SMILES string of the molecule is C[C@H](O)CN1CCN(C(=O)[C@@H](C)N2CCCCC2=O)CC1. The fourth-order valence-corrected chi connectivity index (χ4v) is 3.16. The van der Waals surface area contributed by atoms with Crippen LogP contribution in [-0.2, 0) is 9.59 Å². The highest BCUT2D eigenvalue weighted by atomic mass is 16.3. The Kier molecular flexibility index (Phi) is 5.58. The van der Waals surface area contributed by atoms with Gasteiger partial charge in [-0.15, -0.1) is 0 Å². The largest absolute Gasteiger partial charge is 0.392 e. The lowest BCUT2D eigenvalue weighted by atomic mass is 10.1. The molecule has 2 rings (SSSR count). The molecule has 0 aromatic heterocycles. The number of hydrogen-bond donors (Lipinski definition) is 1. The van der Waals surface area contributed by atoms with Crippen molar-refractivity contribution in [3.63, 3.8) is 0 Å². The van der Waals surface area contributed by atoms with Crippen LogP contribution in [0.3, 0.4) is 0 Å². The molecule has 0 radical (unpaired) electrons. The van der Waals surface area contributed by atoms with Gasteiger partial charge >= 0.3 is 0 Å². The van der Waals surface area contributed by atoms with Crippen molar-refractivity contribution in [1.82, 2.24) is 14.7 Å². The second-order valence-corrected chi connectivity index (χ2v) is 6.20. The molecule has 6 heteroatoms. The standard InChI is InChI=1S/C15H27N3O3/c1-12(19)11-16-7-9-17(10-8-16)15(21)13(2)18-6-4-3-5-14(18)20/h12-13,19H,3-11H2,1-2H3/t12-,13+/m0/s1. The number of piperazine rings is 1. The molecule has 2 aliphatic rings. The number of likely N-dealkylation sites (tertiary alicyclic amines) is 1. The fourth-order valence-electron chi connectivity index (χ4n) is 3.16. The Morgan fingerprint density at radius 3 is 2.38 bits per heavy atom. The van der Waals surface area contributed by atoms with E-state index in [2.05, 4.69) is 4.90 Å². The van der Waals surface area contributed by atoms with Crippen LogP contribution in [-0.4, -0.2) is 83.0 Å². The van der Waals surface area contributed by atoms with Gasteiger partial charge in [-0.25, -0.2) is 0 Å². The van der Waals surface area contributed by atoms with E-state index in [1.165, 1.54) is 0 Å². The fraction of sp³-hybridized carbons (Fsp3) is 0.867. The lowest BCUT2D eigenvalue weighted by Crippen LogP contribution is -2.56. The Morgan fingerprint density at radius 2 is 1.81 bits per heavy atom. The van der Waals surface area contributed by atoms with Gasteiger partial charge < -0.3 is 14.9 Å². The lowest BCUT2D eigenvalue weighted by Gasteiger charge is -2.39. The predicted molar refractivity (Wildman–Crippen MR) is 79.7 cm³/mol. The van der Waals surface area contributed by atoms with Crippen LogP contribution in [0.2, 0.25) is 0 Å². The van der Waals surface area contributed by atoms with Gasteiger partial charge in [0.1, 0.15) is 6.04 Å². The summed E-state index contributed by atoms with van der Waals surface area (Å²) in [5.74, 6) is 0.164. The molecule has 0 aliphatic carbocycles. The highest BCUT2D eigenvalue weighted by Crippen LogP contribution is 2.16. The van der Waals surface area contributed by atoms with Crippen molar-refractivity contribution in [2.75, 3.05) is 39.3 Å². The molecule has 2 amide bonds. The summed E-state index contributed by atoms with van der Waals surface area (Å²) in [7, 11) is 0. The molecule has 2 heterocycles. The molecule has 21 heavy (non-hydrogen) atoms. The van der Waals surface area contributed by atoms with Crippen molar-refractivity contribution >= 4 is 11.8 Å². The summed E-state index contributed by atoms with van der Waals surface area (Å²) in [5.41, 5.74) is 0. The number of rotatable bonds is 4. The molecule has 0 spiro atoms. The first-order chi connectivity index (χ1) is 9.99. The van der Waals surface area contributed by atoms with Gasteiger partial charge in [0, 0.05) is 45.7 Å². The van der Waals surface area contributed by atoms with Crippen LogP contribution in [0.15, 0.2) is 0 Å². The maximum absolute atomic E-state index is 12.5. The number of aliphatic hydroxyl groups excluding tert-OH is 1. The van der Waals surface area contributed by atoms with Gasteiger partial charge in [0.2, 0.25) is 11.8 Å². The molecule has 0 unspecified atom stereocenters. The van der Waals surface area contributed by atoms with Crippen LogP contribution in [0.4, 0.5) is 0 Å². The van der Waals surface area contributed by atoms with E-state index in [-0.39, 0.29) is 24.0 Å². The smallest absolute Gasteiger partial charge is 0.245 e. The Morgan fingerprint density at radius 1 is 1.14 bits per heavy atom. The monoisotopic (exact) mass is 297 g/mol. The normalized spacial score (nSPS) is 24.0. The van der Waals surface area contributed by atoms with Crippen LogP contribution >= 0.6 is 0 Å². The zero-order valence-corrected chi connectivity index (χ0v) is 13.1. The minimum atomic E-state index is -0.346. The highest BCUT2D eigenvalue weighted by molar-refractivity contribution is 5.87. The molecule has 120 valence electrons. The minimum absolute atomic E-state index is 0.0574. The third kappa shape index (κ3) is 4.17. The van der Waals surface area contributed by atoms with E-state index in [9.17, 15) is 14.7 Å². The van der Waals surface area contributed by atoms with Crippen LogP contribution in [0, 0.1) is 0 Å². The van der Waals surface area contributed by atoms with E-state index in [1.807, 2.05) is 11.8 Å². The molecule has 2 aliphatic heterocycles. The second-order valence-electron chi connectivity index (χ2n) is 6.20. The van der Waals surface area contributed by atoms with E-state index in [0.29, 0.717) is 32.6 Å². The molecule has 2 atom stereocenters. The van der Waals surface area contributed by atoms with Gasteiger partial charge in [-0.1, -0.05) is 0 Å². The Bertz CT molecular complexity index is 378. The summed E-state index contributed by atoms with van der Waals surface area (Å²) in [4.78, 5) is 30.2. The molecule has 6 nitrogen and oxygen atoms in total. The highest BCUT2D eigenvalue weighted by Gasteiger charge is 2.32. The number of aliphatic hydroxyl groups is 1. The first-order valence-corrected chi connectivity index (χ1v) is 7.97. The molecule has 0 saturated carbocycles. The van der Waals surface area contributed by atoms with E-state index in [0.717, 1.165) is 25.9 Å². The van der Waals surface area contributed by atoms with Crippen molar-refractivity contribution in [2.24, 2.45) is 0 Å². The summed E-state index contributed by atoms with van der Waals surface area (Å²) in [6.45, 7) is 7.91. The number of hydrogen-bond acceptors (Lipinski definition) is 4. The van der Waals surface area contributed by atoms with Crippen molar-refractivity contribution in [3.05, 3.63) is 0 Å². The molecular formula is C15H27N3O3. The van der Waals surface area contributed by atoms with E-state index >= 15 is 0 Å². The molecule has 2 fully saturated rings. The number of carbonyl (C=O) groups excluding carboxylic acids is 2. The number of amides is 2. The third-order valence-corrected chi connectivity index (χ3v) is 4.39. The van der Waals surface area contributed by atoms with E-state index in [4.69, 9.17) is 0 Å². The molecule has 0 aromatic carbocycles. The maximum Gasteiger partial charge on any atom is 0.245 e. The quantitative estimate of drug-likeness (QED) is 0.788. The number of nitrogens with zero attached hydrogens (tertiary/aromatic N) is 3. The minimum Gasteiger partial charge on any atom is -0.392 e. The molecule has 0 bridgehead atoms. The first kappa shape index (κ1) is 16.2. The van der Waals surface area contributed by atoms with Gasteiger partial charge in [-0.2, -0.15) is 0 Å². The Balaban J connectivity index is 1.85. The van der Waals surface area contributed by atoms with Gasteiger partial charge in [0.25, 0.3) is 0 Å². The average Bonchev–Trinajstić information content (AvgIpc) is 2.46. The van der Waals surface area contributed by atoms with Gasteiger partial charge in [-0.05, 0) is 26.7 Å². The summed E-state index contributed by atoms with van der Waals surface area (Å²) in [5, 5.41) is 9.40. The number of β-amino-alcohol motifs (C(OH)–C–C–N with tert-alkyl or cyclic N) is 1. The Labute approximate surface area is 126 Å². The lowest BCUT2D eigenvalue weighted by molar-refractivity contribution is -0.147. The molecular weight excluding hydrogens is 270 g/mol. The van der Waals surface area contributed by atoms with Crippen molar-refractivity contribution < 1.29 is 14.7 Å². The van der Waals surface area contributed by atoms with Crippen molar-refractivity contribution in [2.45, 2.75) is 45.3 Å². The number of piperidine rings is 1. The van der Waals surface area contributed by atoms with Gasteiger partial charge in [-0.3, -0.25) is 14.5 Å². The zero-order chi connectivity index (χ0) is 15.4. The van der Waals surface area contributed by atoms with Crippen LogP contribution in [0.25, 0.3) is 0 Å². The maximum atomic E-state index is 12.5. The molecule has 1 N–H and O–H groups in total. The number of carbonyl (C=O) groups is 2. The summed E-state index contributed by atoms with van der Waals surface area (Å²) in [6, 6.07) is -0.346. The van der Waals surface area contributed by atoms with Crippen LogP contribution < -0.4 is 0 Å². The first-order valence-electron chi connectivity index (χ1n) is 7.97. The average molecular weight is 297 g/mol. The van der Waals surface area contributed by atoms with E-state index < -0.39 is 0 Å². The van der Waals surface area contributed by atoms with Gasteiger partial charge in [0.15, 0.2) is 0 Å². The van der Waals surface area contributed by atoms with Crippen LogP contribution in [0.1, 0.15) is 33.1 Å². The van der Waals surface area contributed by atoms with E-state index in [1.54, 1.807) is 11.8 Å². The van der Waals surface area contributed by atoms with Crippen LogP contribution in [0.5, 0.6) is 0 Å². The Hall–Kier alpha value is -1.14. The second kappa shape index (κ2) is 7.22. The van der Waals surface area contributed by atoms with Gasteiger partial charge in [0.05, 0.1) is 6.10 Å². The summed E-state index contributed by atoms with van der Waals surface area (Å²) in [6.07, 6.45) is 2.16. The molecule has 0 aromatic rings. The zero-order valence-electron chi connectivity index (χ0n) is 13.1. The van der Waals surface area contributed by atoms with Crippen molar-refractivity contribution in [3.8, 4) is 0 Å². The third-order valence-electron chi connectivity index (χ3n) is 4.39. The predicted octanol–water partition coefficient (Wildman–Crippen LogP) is -0.0876.